The van der Waals surface area contributed by atoms with Crippen molar-refractivity contribution >= 4 is 17.8 Å². The Labute approximate surface area is 114 Å². The van der Waals surface area contributed by atoms with Gasteiger partial charge in [0.05, 0.1) is 5.57 Å². The van der Waals surface area contributed by atoms with Crippen LogP contribution < -0.4 is 5.32 Å². The van der Waals surface area contributed by atoms with Crippen molar-refractivity contribution in [2.45, 2.75) is 34.1 Å². The molecule has 0 amide bonds. The van der Waals surface area contributed by atoms with Crippen LogP contribution in [0.2, 0.25) is 0 Å². The van der Waals surface area contributed by atoms with Crippen LogP contribution in [0.5, 0.6) is 0 Å². The third-order valence-electron chi connectivity index (χ3n) is 2.28. The molecule has 0 aliphatic rings. The number of carbonyl (C=O) groups is 2. The van der Waals surface area contributed by atoms with Crippen molar-refractivity contribution in [1.29, 1.82) is 0 Å². The van der Waals surface area contributed by atoms with Crippen LogP contribution in [0.15, 0.2) is 28.1 Å². The van der Waals surface area contributed by atoms with Crippen molar-refractivity contribution < 1.29 is 14.7 Å². The minimum absolute atomic E-state index is 0.0117. The molecule has 106 valence electrons. The number of aliphatic imine (C=N–C) groups is 1. The molecular formula is C14H22N2O3. The van der Waals surface area contributed by atoms with E-state index in [9.17, 15) is 14.7 Å². The second kappa shape index (κ2) is 9.08. The molecule has 0 aromatic carbocycles. The van der Waals surface area contributed by atoms with Crippen molar-refractivity contribution in [2.24, 2.45) is 4.99 Å². The number of carbonyl (C=O) groups excluding carboxylic acids is 2. The minimum Gasteiger partial charge on any atom is -0.512 e. The Bertz CT molecular complexity index is 416. The average Bonchev–Trinajstić information content (AvgIpc) is 2.25. The fraction of sp³-hybridized carbons (Fsp3) is 0.500. The fourth-order valence-electron chi connectivity index (χ4n) is 1.41. The topological polar surface area (TPSA) is 78.8 Å². The van der Waals surface area contributed by atoms with Gasteiger partial charge in [0.1, 0.15) is 5.76 Å². The molecule has 0 atom stereocenters. The molecule has 0 unspecified atom stereocenters. The van der Waals surface area contributed by atoms with Gasteiger partial charge in [0.25, 0.3) is 0 Å². The smallest absolute Gasteiger partial charge is 0.164 e. The van der Waals surface area contributed by atoms with Crippen molar-refractivity contribution in [3.8, 4) is 0 Å². The lowest BCUT2D eigenvalue weighted by Gasteiger charge is -2.04. The van der Waals surface area contributed by atoms with Crippen LogP contribution in [0.4, 0.5) is 0 Å². The summed E-state index contributed by atoms with van der Waals surface area (Å²) in [5.41, 5.74) is 1.06. The lowest BCUT2D eigenvalue weighted by atomic mass is 10.2. The lowest BCUT2D eigenvalue weighted by Crippen LogP contribution is -2.14. The summed E-state index contributed by atoms with van der Waals surface area (Å²) in [6, 6.07) is 0. The normalized spacial score (nSPS) is 13.4. The Morgan fingerprint density at radius 1 is 1.21 bits per heavy atom. The quantitative estimate of drug-likeness (QED) is 0.304. The second-order valence-corrected chi connectivity index (χ2v) is 4.31. The first-order valence-corrected chi connectivity index (χ1v) is 6.18. The molecule has 0 fully saturated rings. The van der Waals surface area contributed by atoms with E-state index < -0.39 is 0 Å². The molecule has 0 aromatic rings. The Balaban J connectivity index is 4.03. The standard InChI is InChI=1S/C14H22N2O3/c1-10(8-11(2)17)16-7-5-6-15-9-14(12(3)18)13(4)19/h8-9,16,18H,5-7H2,1-4H3/b10-8?,14-12-,15-9?. The molecule has 0 aliphatic heterocycles. The average molecular weight is 266 g/mol. The first-order valence-electron chi connectivity index (χ1n) is 6.18. The summed E-state index contributed by atoms with van der Waals surface area (Å²) in [6.45, 7) is 7.42. The maximum atomic E-state index is 11.1. The highest BCUT2D eigenvalue weighted by Crippen LogP contribution is 1.99. The van der Waals surface area contributed by atoms with Crippen LogP contribution in [0.1, 0.15) is 34.1 Å². The van der Waals surface area contributed by atoms with Gasteiger partial charge in [-0.2, -0.15) is 0 Å². The van der Waals surface area contributed by atoms with E-state index in [1.54, 1.807) is 0 Å². The molecule has 0 radical (unpaired) electrons. The molecule has 0 bridgehead atoms. The highest BCUT2D eigenvalue weighted by Gasteiger charge is 2.03. The first kappa shape index (κ1) is 17.1. The molecule has 19 heavy (non-hydrogen) atoms. The number of nitrogens with zero attached hydrogens (tertiary/aromatic N) is 1. The summed E-state index contributed by atoms with van der Waals surface area (Å²) in [5, 5.41) is 12.3. The molecule has 5 heteroatoms. The number of aliphatic hydroxyl groups excluding tert-OH is 1. The molecule has 0 saturated carbocycles. The second-order valence-electron chi connectivity index (χ2n) is 4.31. The van der Waals surface area contributed by atoms with Crippen LogP contribution in [-0.2, 0) is 9.59 Å². The zero-order valence-corrected chi connectivity index (χ0v) is 12.0. The number of hydrogen-bond donors (Lipinski definition) is 2. The predicted octanol–water partition coefficient (Wildman–Crippen LogP) is 1.95. The molecule has 0 spiro atoms. The molecule has 2 N–H and O–H groups in total. The summed E-state index contributed by atoms with van der Waals surface area (Å²) in [4.78, 5) is 26.0. The minimum atomic E-state index is -0.206. The number of rotatable bonds is 8. The Morgan fingerprint density at radius 2 is 1.84 bits per heavy atom. The van der Waals surface area contributed by atoms with E-state index in [-0.39, 0.29) is 22.9 Å². The molecule has 0 aliphatic carbocycles. The molecule has 0 heterocycles. The first-order chi connectivity index (χ1) is 8.84. The molecule has 5 nitrogen and oxygen atoms in total. The van der Waals surface area contributed by atoms with Gasteiger partial charge in [-0.1, -0.05) is 0 Å². The van der Waals surface area contributed by atoms with Crippen LogP contribution in [0.25, 0.3) is 0 Å². The van der Waals surface area contributed by atoms with Gasteiger partial charge in [0, 0.05) is 25.0 Å². The zero-order chi connectivity index (χ0) is 14.8. The van der Waals surface area contributed by atoms with Gasteiger partial charge in [-0.05, 0) is 40.2 Å². The highest BCUT2D eigenvalue weighted by molar-refractivity contribution is 6.12. The summed E-state index contributed by atoms with van der Waals surface area (Å²) in [7, 11) is 0. The number of allylic oxidation sites excluding steroid dienone is 4. The van der Waals surface area contributed by atoms with Gasteiger partial charge in [0.15, 0.2) is 11.6 Å². The maximum absolute atomic E-state index is 11.1. The van der Waals surface area contributed by atoms with Gasteiger partial charge < -0.3 is 10.4 Å². The van der Waals surface area contributed by atoms with Crippen LogP contribution in [0.3, 0.4) is 0 Å². The predicted molar refractivity (Wildman–Crippen MR) is 76.4 cm³/mol. The summed E-state index contributed by atoms with van der Waals surface area (Å²) < 4.78 is 0. The van der Waals surface area contributed by atoms with Gasteiger partial charge >= 0.3 is 0 Å². The molecule has 0 saturated heterocycles. The number of hydrogen-bond acceptors (Lipinski definition) is 5. The zero-order valence-electron chi connectivity index (χ0n) is 12.0. The lowest BCUT2D eigenvalue weighted by molar-refractivity contribution is -0.113. The van der Waals surface area contributed by atoms with Crippen molar-refractivity contribution in [2.75, 3.05) is 13.1 Å². The van der Waals surface area contributed by atoms with Gasteiger partial charge in [-0.3, -0.25) is 14.6 Å². The van der Waals surface area contributed by atoms with Crippen LogP contribution in [-0.4, -0.2) is 36.0 Å². The van der Waals surface area contributed by atoms with E-state index in [1.807, 2.05) is 6.92 Å². The SMILES string of the molecule is CC(=O)C=C(C)NCCCN=C/C(C(C)=O)=C(\C)O. The third kappa shape index (κ3) is 8.77. The van der Waals surface area contributed by atoms with E-state index in [0.29, 0.717) is 13.1 Å². The van der Waals surface area contributed by atoms with Crippen LogP contribution in [0, 0.1) is 0 Å². The molecule has 0 aromatic heterocycles. The van der Waals surface area contributed by atoms with Crippen molar-refractivity contribution in [3.05, 3.63) is 23.1 Å². The van der Waals surface area contributed by atoms with E-state index in [4.69, 9.17) is 0 Å². The number of Topliss-reactive ketones (excluding diaryl/α,β-unsaturated/α-hetero) is 1. The van der Waals surface area contributed by atoms with E-state index in [1.165, 1.54) is 33.1 Å². The highest BCUT2D eigenvalue weighted by atomic mass is 16.3. The number of aliphatic hydroxyl groups is 1. The Hall–Kier alpha value is -1.91. The summed E-state index contributed by atoms with van der Waals surface area (Å²) in [5.74, 6) is -0.214. The number of ketones is 2. The van der Waals surface area contributed by atoms with Crippen molar-refractivity contribution in [3.63, 3.8) is 0 Å². The van der Waals surface area contributed by atoms with E-state index >= 15 is 0 Å². The molecule has 0 rings (SSSR count). The third-order valence-corrected chi connectivity index (χ3v) is 2.28. The van der Waals surface area contributed by atoms with Gasteiger partial charge in [-0.15, -0.1) is 0 Å². The fourth-order valence-corrected chi connectivity index (χ4v) is 1.41. The van der Waals surface area contributed by atoms with Crippen molar-refractivity contribution in [1.82, 2.24) is 5.32 Å². The summed E-state index contributed by atoms with van der Waals surface area (Å²) >= 11 is 0. The monoisotopic (exact) mass is 266 g/mol. The van der Waals surface area contributed by atoms with E-state index in [0.717, 1.165) is 12.1 Å². The van der Waals surface area contributed by atoms with E-state index in [2.05, 4.69) is 10.3 Å². The van der Waals surface area contributed by atoms with Crippen LogP contribution >= 0.6 is 0 Å². The maximum Gasteiger partial charge on any atom is 0.164 e. The number of nitrogens with one attached hydrogen (secondary N) is 1. The summed E-state index contributed by atoms with van der Waals surface area (Å²) in [6.07, 6.45) is 3.71. The van der Waals surface area contributed by atoms with Gasteiger partial charge in [-0.25, -0.2) is 0 Å². The largest absolute Gasteiger partial charge is 0.512 e. The Kier molecular flexibility index (Phi) is 8.17. The Morgan fingerprint density at radius 3 is 2.32 bits per heavy atom. The van der Waals surface area contributed by atoms with Gasteiger partial charge in [0.2, 0.25) is 0 Å². The molecular weight excluding hydrogens is 244 g/mol.